The minimum Gasteiger partial charge on any atom is -0.309 e. The van der Waals surface area contributed by atoms with E-state index >= 15 is 0 Å². The lowest BCUT2D eigenvalue weighted by Crippen LogP contribution is -2.32. The van der Waals surface area contributed by atoms with E-state index in [4.69, 9.17) is 0 Å². The van der Waals surface area contributed by atoms with Gasteiger partial charge in [-0.15, -0.1) is 11.3 Å². The maximum absolute atomic E-state index is 12.0. The molecular formula is C11H13NOS. The van der Waals surface area contributed by atoms with Gasteiger partial charge in [-0.05, 0) is 43.7 Å². The summed E-state index contributed by atoms with van der Waals surface area (Å²) >= 11 is 1.51. The first kappa shape index (κ1) is 9.46. The number of fused-ring (bicyclic) bond motifs is 1. The van der Waals surface area contributed by atoms with E-state index in [1.165, 1.54) is 11.3 Å². The van der Waals surface area contributed by atoms with Crippen molar-refractivity contribution < 1.29 is 0 Å². The summed E-state index contributed by atoms with van der Waals surface area (Å²) < 4.78 is 2.63. The van der Waals surface area contributed by atoms with Crippen LogP contribution in [0.1, 0.15) is 20.8 Å². The fourth-order valence-corrected chi connectivity index (χ4v) is 2.31. The van der Waals surface area contributed by atoms with E-state index in [1.54, 1.807) is 4.57 Å². The van der Waals surface area contributed by atoms with E-state index in [0.717, 1.165) is 10.1 Å². The molecule has 74 valence electrons. The molecule has 0 radical (unpaired) electrons. The van der Waals surface area contributed by atoms with Crippen LogP contribution in [0.15, 0.2) is 28.5 Å². The Morgan fingerprint density at radius 1 is 1.29 bits per heavy atom. The molecule has 0 aliphatic carbocycles. The molecule has 0 saturated heterocycles. The molecule has 2 aromatic rings. The molecule has 2 heterocycles. The minimum absolute atomic E-state index is 0.116. The second kappa shape index (κ2) is 2.95. The van der Waals surface area contributed by atoms with Crippen molar-refractivity contribution in [1.82, 2.24) is 4.57 Å². The lowest BCUT2D eigenvalue weighted by molar-refractivity contribution is 0.386. The van der Waals surface area contributed by atoms with Crippen LogP contribution in [0.25, 0.3) is 10.1 Å². The number of hydrogen-bond donors (Lipinski definition) is 0. The van der Waals surface area contributed by atoms with E-state index in [-0.39, 0.29) is 11.1 Å². The second-order valence-electron chi connectivity index (χ2n) is 4.37. The molecule has 0 unspecified atom stereocenters. The molecule has 2 aromatic heterocycles. The van der Waals surface area contributed by atoms with Crippen molar-refractivity contribution in [2.24, 2.45) is 0 Å². The van der Waals surface area contributed by atoms with Gasteiger partial charge in [-0.3, -0.25) is 4.79 Å². The van der Waals surface area contributed by atoms with E-state index in [1.807, 2.05) is 44.5 Å². The van der Waals surface area contributed by atoms with Gasteiger partial charge in [0.05, 0.1) is 4.70 Å². The summed E-state index contributed by atoms with van der Waals surface area (Å²) in [4.78, 5) is 12.0. The number of pyridine rings is 1. The van der Waals surface area contributed by atoms with Gasteiger partial charge in [-0.25, -0.2) is 0 Å². The standard InChI is InChI=1S/C11H13NOS/c1-11(2,3)12-6-4-8-5-7-14-9(8)10(12)13/h4-7H,1-3H3. The molecule has 0 bridgehead atoms. The molecule has 0 spiro atoms. The summed E-state index contributed by atoms with van der Waals surface area (Å²) in [5.74, 6) is 0. The average molecular weight is 207 g/mol. The van der Waals surface area contributed by atoms with Crippen LogP contribution in [0.2, 0.25) is 0 Å². The predicted octanol–water partition coefficient (Wildman–Crippen LogP) is 2.82. The highest BCUT2D eigenvalue weighted by molar-refractivity contribution is 7.17. The molecule has 2 rings (SSSR count). The Kier molecular flexibility index (Phi) is 2.00. The Balaban J connectivity index is 2.81. The largest absolute Gasteiger partial charge is 0.309 e. The van der Waals surface area contributed by atoms with E-state index in [2.05, 4.69) is 0 Å². The Bertz CT molecular complexity index is 516. The van der Waals surface area contributed by atoms with Gasteiger partial charge in [0, 0.05) is 11.7 Å². The Labute approximate surface area is 86.8 Å². The lowest BCUT2D eigenvalue weighted by atomic mass is 10.1. The fourth-order valence-electron chi connectivity index (χ4n) is 1.48. The molecule has 0 N–H and O–H groups in total. The first-order chi connectivity index (χ1) is 6.50. The van der Waals surface area contributed by atoms with E-state index < -0.39 is 0 Å². The van der Waals surface area contributed by atoms with Crippen LogP contribution in [0.5, 0.6) is 0 Å². The zero-order valence-electron chi connectivity index (χ0n) is 8.57. The van der Waals surface area contributed by atoms with Crippen LogP contribution in [-0.4, -0.2) is 4.57 Å². The zero-order chi connectivity index (χ0) is 10.3. The predicted molar refractivity (Wildman–Crippen MR) is 61.1 cm³/mol. The molecule has 0 aliphatic heterocycles. The summed E-state index contributed by atoms with van der Waals surface area (Å²) in [6.45, 7) is 6.11. The fraction of sp³-hybridized carbons (Fsp3) is 0.364. The van der Waals surface area contributed by atoms with E-state index in [0.29, 0.717) is 0 Å². The van der Waals surface area contributed by atoms with Crippen molar-refractivity contribution in [2.45, 2.75) is 26.3 Å². The SMILES string of the molecule is CC(C)(C)n1ccc2ccsc2c1=O. The van der Waals surface area contributed by atoms with Gasteiger partial charge in [-0.2, -0.15) is 0 Å². The topological polar surface area (TPSA) is 22.0 Å². The number of nitrogens with zero attached hydrogens (tertiary/aromatic N) is 1. The van der Waals surface area contributed by atoms with Crippen molar-refractivity contribution in [3.05, 3.63) is 34.1 Å². The minimum atomic E-state index is -0.144. The molecule has 2 nitrogen and oxygen atoms in total. The van der Waals surface area contributed by atoms with Crippen molar-refractivity contribution in [3.8, 4) is 0 Å². The van der Waals surface area contributed by atoms with Gasteiger partial charge in [0.1, 0.15) is 0 Å². The molecule has 0 saturated carbocycles. The van der Waals surface area contributed by atoms with Crippen LogP contribution < -0.4 is 5.56 Å². The molecule has 3 heteroatoms. The van der Waals surface area contributed by atoms with Gasteiger partial charge in [-0.1, -0.05) is 0 Å². The summed E-state index contributed by atoms with van der Waals surface area (Å²) in [6.07, 6.45) is 1.87. The number of hydrogen-bond acceptors (Lipinski definition) is 2. The second-order valence-corrected chi connectivity index (χ2v) is 5.28. The Morgan fingerprint density at radius 2 is 2.00 bits per heavy atom. The van der Waals surface area contributed by atoms with Crippen molar-refractivity contribution >= 4 is 21.4 Å². The molecule has 0 fully saturated rings. The molecule has 0 atom stereocenters. The van der Waals surface area contributed by atoms with Crippen LogP contribution in [0.4, 0.5) is 0 Å². The van der Waals surface area contributed by atoms with Crippen LogP contribution in [0, 0.1) is 0 Å². The molecule has 0 amide bonds. The quantitative estimate of drug-likeness (QED) is 0.651. The van der Waals surface area contributed by atoms with Crippen LogP contribution >= 0.6 is 11.3 Å². The van der Waals surface area contributed by atoms with Gasteiger partial charge in [0.2, 0.25) is 0 Å². The smallest absolute Gasteiger partial charge is 0.268 e. The number of thiophene rings is 1. The Morgan fingerprint density at radius 3 is 2.64 bits per heavy atom. The molecule has 0 aliphatic rings. The van der Waals surface area contributed by atoms with E-state index in [9.17, 15) is 4.79 Å². The lowest BCUT2D eigenvalue weighted by Gasteiger charge is -2.21. The van der Waals surface area contributed by atoms with Gasteiger partial charge in [0.15, 0.2) is 0 Å². The maximum Gasteiger partial charge on any atom is 0.268 e. The van der Waals surface area contributed by atoms with Crippen LogP contribution in [0.3, 0.4) is 0 Å². The van der Waals surface area contributed by atoms with Gasteiger partial charge >= 0.3 is 0 Å². The summed E-state index contributed by atoms with van der Waals surface area (Å²) in [5, 5.41) is 3.00. The van der Waals surface area contributed by atoms with Crippen molar-refractivity contribution in [1.29, 1.82) is 0 Å². The molecule has 14 heavy (non-hydrogen) atoms. The van der Waals surface area contributed by atoms with Gasteiger partial charge in [0.25, 0.3) is 5.56 Å². The Hall–Kier alpha value is -1.09. The molecule has 0 aromatic carbocycles. The van der Waals surface area contributed by atoms with Crippen LogP contribution in [-0.2, 0) is 5.54 Å². The normalized spacial score (nSPS) is 12.2. The highest BCUT2D eigenvalue weighted by Crippen LogP contribution is 2.18. The highest BCUT2D eigenvalue weighted by atomic mass is 32.1. The van der Waals surface area contributed by atoms with Crippen molar-refractivity contribution in [2.75, 3.05) is 0 Å². The molecular weight excluding hydrogens is 194 g/mol. The first-order valence-electron chi connectivity index (χ1n) is 4.59. The van der Waals surface area contributed by atoms with Gasteiger partial charge < -0.3 is 4.57 Å². The summed E-state index contributed by atoms with van der Waals surface area (Å²) in [6, 6.07) is 3.98. The third-order valence-electron chi connectivity index (χ3n) is 2.23. The summed E-state index contributed by atoms with van der Waals surface area (Å²) in [5.41, 5.74) is -0.0278. The third kappa shape index (κ3) is 1.38. The highest BCUT2D eigenvalue weighted by Gasteiger charge is 2.15. The average Bonchev–Trinajstić information content (AvgIpc) is 2.50. The summed E-state index contributed by atoms with van der Waals surface area (Å²) in [7, 11) is 0. The first-order valence-corrected chi connectivity index (χ1v) is 5.47. The number of aromatic nitrogens is 1. The zero-order valence-corrected chi connectivity index (χ0v) is 9.39. The third-order valence-corrected chi connectivity index (χ3v) is 3.15. The maximum atomic E-state index is 12.0. The van der Waals surface area contributed by atoms with Crippen molar-refractivity contribution in [3.63, 3.8) is 0 Å². The number of rotatable bonds is 0. The monoisotopic (exact) mass is 207 g/mol.